The molecule has 0 spiro atoms. The number of nitrogens with one attached hydrogen (secondary N) is 2. The molecule has 124 valence electrons. The molecule has 2 N–H and O–H groups in total. The van der Waals surface area contributed by atoms with E-state index < -0.39 is 0 Å². The van der Waals surface area contributed by atoms with Crippen LogP contribution >= 0.6 is 11.3 Å². The molecule has 0 unspecified atom stereocenters. The molecular formula is C17H24N4OS. The first kappa shape index (κ1) is 17.3. The van der Waals surface area contributed by atoms with Crippen LogP contribution in [0, 0.1) is 0 Å². The van der Waals surface area contributed by atoms with Crippen molar-refractivity contribution in [3.8, 4) is 5.75 Å². The molecule has 0 aliphatic heterocycles. The molecule has 1 aromatic heterocycles. The smallest absolute Gasteiger partial charge is 0.191 e. The van der Waals surface area contributed by atoms with Crippen LogP contribution in [0.3, 0.4) is 0 Å². The number of nitrogens with zero attached hydrogens (tertiary/aromatic N) is 2. The molecule has 0 atom stereocenters. The first-order chi connectivity index (χ1) is 11.1. The number of guanidine groups is 1. The van der Waals surface area contributed by atoms with Gasteiger partial charge in [-0.3, -0.25) is 4.99 Å². The number of aromatic nitrogens is 1. The summed E-state index contributed by atoms with van der Waals surface area (Å²) >= 11 is 1.71. The van der Waals surface area contributed by atoms with E-state index in [1.54, 1.807) is 25.5 Å². The molecule has 23 heavy (non-hydrogen) atoms. The van der Waals surface area contributed by atoms with Crippen molar-refractivity contribution < 1.29 is 4.74 Å². The number of thiazole rings is 1. The summed E-state index contributed by atoms with van der Waals surface area (Å²) in [6.45, 7) is 5.67. The number of aliphatic imine (C=N–C) groups is 1. The topological polar surface area (TPSA) is 58.5 Å². The van der Waals surface area contributed by atoms with Crippen molar-refractivity contribution in [1.82, 2.24) is 15.6 Å². The Hall–Kier alpha value is -2.08. The summed E-state index contributed by atoms with van der Waals surface area (Å²) in [5, 5.41) is 9.85. The van der Waals surface area contributed by atoms with E-state index in [0.717, 1.165) is 23.0 Å². The largest absolute Gasteiger partial charge is 0.497 e. The summed E-state index contributed by atoms with van der Waals surface area (Å²) in [4.78, 5) is 8.86. The quantitative estimate of drug-likeness (QED) is 0.630. The lowest BCUT2D eigenvalue weighted by Gasteiger charge is -2.11. The van der Waals surface area contributed by atoms with Crippen LogP contribution in [0.1, 0.15) is 36.0 Å². The molecular weight excluding hydrogens is 308 g/mol. The number of rotatable bonds is 6. The molecule has 1 heterocycles. The van der Waals surface area contributed by atoms with Crippen LogP contribution in [0.15, 0.2) is 34.6 Å². The van der Waals surface area contributed by atoms with Crippen molar-refractivity contribution in [3.05, 3.63) is 45.9 Å². The highest BCUT2D eigenvalue weighted by atomic mass is 32.1. The van der Waals surface area contributed by atoms with Gasteiger partial charge in [0.2, 0.25) is 0 Å². The molecule has 0 saturated carbocycles. The van der Waals surface area contributed by atoms with Gasteiger partial charge >= 0.3 is 0 Å². The number of ether oxygens (including phenoxy) is 1. The summed E-state index contributed by atoms with van der Waals surface area (Å²) in [5.74, 6) is 2.09. The molecule has 0 amide bonds. The van der Waals surface area contributed by atoms with Crippen LogP contribution < -0.4 is 15.4 Å². The molecule has 0 aliphatic carbocycles. The normalized spacial score (nSPS) is 11.6. The Balaban J connectivity index is 1.85. The maximum atomic E-state index is 5.23. The van der Waals surface area contributed by atoms with Crippen LogP contribution in [0.2, 0.25) is 0 Å². The van der Waals surface area contributed by atoms with E-state index in [4.69, 9.17) is 4.74 Å². The minimum atomic E-state index is 0.472. The lowest BCUT2D eigenvalue weighted by Crippen LogP contribution is -2.36. The van der Waals surface area contributed by atoms with Crippen LogP contribution in [0.25, 0.3) is 0 Å². The Kier molecular flexibility index (Phi) is 6.40. The summed E-state index contributed by atoms with van der Waals surface area (Å²) < 4.78 is 5.23. The Morgan fingerprint density at radius 3 is 2.74 bits per heavy atom. The SMILES string of the molecule is CN=C(NCc1cccc(OC)c1)NCc1csc(C(C)C)n1. The second-order valence-corrected chi connectivity index (χ2v) is 6.35. The number of benzene rings is 1. The van der Waals surface area contributed by atoms with Gasteiger partial charge in [-0.05, 0) is 17.7 Å². The summed E-state index contributed by atoms with van der Waals surface area (Å²) in [7, 11) is 3.44. The molecule has 0 bridgehead atoms. The van der Waals surface area contributed by atoms with E-state index >= 15 is 0 Å². The van der Waals surface area contributed by atoms with Crippen LogP contribution in [-0.4, -0.2) is 25.1 Å². The summed E-state index contributed by atoms with van der Waals surface area (Å²) in [5.41, 5.74) is 2.19. The number of hydrogen-bond acceptors (Lipinski definition) is 4. The zero-order valence-electron chi connectivity index (χ0n) is 14.1. The predicted molar refractivity (Wildman–Crippen MR) is 96.2 cm³/mol. The van der Waals surface area contributed by atoms with Gasteiger partial charge in [0, 0.05) is 24.9 Å². The van der Waals surface area contributed by atoms with Crippen LogP contribution in [-0.2, 0) is 13.1 Å². The molecule has 2 aromatic rings. The van der Waals surface area contributed by atoms with Gasteiger partial charge in [0.1, 0.15) is 5.75 Å². The van der Waals surface area contributed by atoms with Crippen molar-refractivity contribution in [2.75, 3.05) is 14.2 Å². The van der Waals surface area contributed by atoms with Crippen molar-refractivity contribution in [2.45, 2.75) is 32.9 Å². The monoisotopic (exact) mass is 332 g/mol. The maximum absolute atomic E-state index is 5.23. The Morgan fingerprint density at radius 1 is 1.30 bits per heavy atom. The fourth-order valence-corrected chi connectivity index (χ4v) is 2.87. The zero-order valence-corrected chi connectivity index (χ0v) is 14.9. The van der Waals surface area contributed by atoms with E-state index in [2.05, 4.69) is 45.9 Å². The predicted octanol–water partition coefficient (Wildman–Crippen LogP) is 3.14. The number of methoxy groups -OCH3 is 1. The Labute approximate surface area is 141 Å². The molecule has 0 radical (unpaired) electrons. The third kappa shape index (κ3) is 5.25. The molecule has 0 saturated heterocycles. The van der Waals surface area contributed by atoms with Crippen molar-refractivity contribution in [2.24, 2.45) is 4.99 Å². The first-order valence-corrected chi connectivity index (χ1v) is 8.52. The fraction of sp³-hybridized carbons (Fsp3) is 0.412. The number of hydrogen-bond donors (Lipinski definition) is 2. The van der Waals surface area contributed by atoms with E-state index in [1.165, 1.54) is 5.01 Å². The molecule has 6 heteroatoms. The second kappa shape index (κ2) is 8.53. The van der Waals surface area contributed by atoms with Crippen LogP contribution in [0.4, 0.5) is 0 Å². The van der Waals surface area contributed by atoms with Crippen molar-refractivity contribution >= 4 is 17.3 Å². The molecule has 5 nitrogen and oxygen atoms in total. The van der Waals surface area contributed by atoms with E-state index in [9.17, 15) is 0 Å². The maximum Gasteiger partial charge on any atom is 0.191 e. The molecule has 1 aromatic carbocycles. The first-order valence-electron chi connectivity index (χ1n) is 7.64. The Bertz CT molecular complexity index is 652. The van der Waals surface area contributed by atoms with Gasteiger partial charge in [0.05, 0.1) is 24.4 Å². The van der Waals surface area contributed by atoms with E-state index in [-0.39, 0.29) is 0 Å². The summed E-state index contributed by atoms with van der Waals surface area (Å²) in [6, 6.07) is 7.98. The van der Waals surface area contributed by atoms with Gasteiger partial charge in [-0.25, -0.2) is 4.98 Å². The highest BCUT2D eigenvalue weighted by molar-refractivity contribution is 7.09. The highest BCUT2D eigenvalue weighted by Crippen LogP contribution is 2.18. The van der Waals surface area contributed by atoms with E-state index in [0.29, 0.717) is 19.0 Å². The third-order valence-corrected chi connectivity index (χ3v) is 4.51. The minimum Gasteiger partial charge on any atom is -0.497 e. The zero-order chi connectivity index (χ0) is 16.7. The average Bonchev–Trinajstić information content (AvgIpc) is 3.04. The fourth-order valence-electron chi connectivity index (χ4n) is 2.03. The minimum absolute atomic E-state index is 0.472. The van der Waals surface area contributed by atoms with Gasteiger partial charge < -0.3 is 15.4 Å². The van der Waals surface area contributed by atoms with Gasteiger partial charge in [0.25, 0.3) is 0 Å². The third-order valence-electron chi connectivity index (χ3n) is 3.32. The lowest BCUT2D eigenvalue weighted by molar-refractivity contribution is 0.414. The standard InChI is InChI=1S/C17H24N4OS/c1-12(2)16-21-14(11-23-16)10-20-17(18-3)19-9-13-6-5-7-15(8-13)22-4/h5-8,11-12H,9-10H2,1-4H3,(H2,18,19,20). The highest BCUT2D eigenvalue weighted by Gasteiger charge is 2.06. The van der Waals surface area contributed by atoms with Crippen molar-refractivity contribution in [3.63, 3.8) is 0 Å². The van der Waals surface area contributed by atoms with Crippen LogP contribution in [0.5, 0.6) is 5.75 Å². The molecule has 0 fully saturated rings. The Morgan fingerprint density at radius 2 is 2.09 bits per heavy atom. The van der Waals surface area contributed by atoms with Gasteiger partial charge in [-0.2, -0.15) is 0 Å². The van der Waals surface area contributed by atoms with Gasteiger partial charge in [0.15, 0.2) is 5.96 Å². The second-order valence-electron chi connectivity index (χ2n) is 5.46. The molecule has 0 aliphatic rings. The summed E-state index contributed by atoms with van der Waals surface area (Å²) in [6.07, 6.45) is 0. The van der Waals surface area contributed by atoms with E-state index in [1.807, 2.05) is 18.2 Å². The van der Waals surface area contributed by atoms with Crippen molar-refractivity contribution in [1.29, 1.82) is 0 Å². The average molecular weight is 332 g/mol. The van der Waals surface area contributed by atoms with Gasteiger partial charge in [-0.1, -0.05) is 26.0 Å². The van der Waals surface area contributed by atoms with Gasteiger partial charge in [-0.15, -0.1) is 11.3 Å². The molecule has 2 rings (SSSR count). The lowest BCUT2D eigenvalue weighted by atomic mass is 10.2.